The van der Waals surface area contributed by atoms with Crippen molar-refractivity contribution in [3.63, 3.8) is 0 Å². The van der Waals surface area contributed by atoms with Gasteiger partial charge >= 0.3 is 6.18 Å². The molecule has 2 rings (SSSR count). The number of rotatable bonds is 4. The predicted molar refractivity (Wildman–Crippen MR) is 65.8 cm³/mol. The third kappa shape index (κ3) is 4.32. The van der Waals surface area contributed by atoms with Gasteiger partial charge in [0.1, 0.15) is 0 Å². The van der Waals surface area contributed by atoms with Gasteiger partial charge in [-0.25, -0.2) is 5.48 Å². The SMILES string of the molecule is O=C(NOCC(F)(F)F)C1CCCN1C1CCNCC1. The summed E-state index contributed by atoms with van der Waals surface area (Å²) in [6.07, 6.45) is -0.940. The molecule has 2 N–H and O–H groups in total. The molecule has 2 heterocycles. The Morgan fingerprint density at radius 2 is 2.00 bits per heavy atom. The Bertz CT molecular complexity index is 332. The van der Waals surface area contributed by atoms with Crippen molar-refractivity contribution in [3.8, 4) is 0 Å². The molecule has 20 heavy (non-hydrogen) atoms. The molecule has 0 radical (unpaired) electrons. The minimum atomic E-state index is -4.43. The third-order valence-electron chi connectivity index (χ3n) is 3.78. The highest BCUT2D eigenvalue weighted by atomic mass is 19.4. The lowest BCUT2D eigenvalue weighted by atomic mass is 10.0. The summed E-state index contributed by atoms with van der Waals surface area (Å²) >= 11 is 0. The first-order valence-corrected chi connectivity index (χ1v) is 6.92. The Hall–Kier alpha value is -0.860. The van der Waals surface area contributed by atoms with E-state index in [1.165, 1.54) is 0 Å². The van der Waals surface area contributed by atoms with Gasteiger partial charge < -0.3 is 5.32 Å². The minimum absolute atomic E-state index is 0.331. The summed E-state index contributed by atoms with van der Waals surface area (Å²) in [6, 6.07) is -0.0385. The lowest BCUT2D eigenvalue weighted by Gasteiger charge is -2.35. The van der Waals surface area contributed by atoms with Crippen LogP contribution in [-0.4, -0.2) is 55.3 Å². The molecule has 1 atom stereocenters. The number of nitrogens with zero attached hydrogens (tertiary/aromatic N) is 1. The van der Waals surface area contributed by atoms with Gasteiger partial charge in [-0.1, -0.05) is 0 Å². The van der Waals surface area contributed by atoms with Crippen LogP contribution >= 0.6 is 0 Å². The average Bonchev–Trinajstić information content (AvgIpc) is 2.87. The zero-order valence-electron chi connectivity index (χ0n) is 11.2. The van der Waals surface area contributed by atoms with Crippen LogP contribution in [0.3, 0.4) is 0 Å². The molecular weight excluding hydrogens is 275 g/mol. The molecule has 1 amide bonds. The quantitative estimate of drug-likeness (QED) is 0.754. The van der Waals surface area contributed by atoms with E-state index in [1.54, 1.807) is 0 Å². The molecule has 1 unspecified atom stereocenters. The van der Waals surface area contributed by atoms with Crippen LogP contribution in [0.25, 0.3) is 0 Å². The van der Waals surface area contributed by atoms with Gasteiger partial charge in [0.2, 0.25) is 0 Å². The van der Waals surface area contributed by atoms with Crippen molar-refractivity contribution in [1.29, 1.82) is 0 Å². The second kappa shape index (κ2) is 6.73. The highest BCUT2D eigenvalue weighted by molar-refractivity contribution is 5.81. The van der Waals surface area contributed by atoms with E-state index in [1.807, 2.05) is 5.48 Å². The van der Waals surface area contributed by atoms with Crippen molar-refractivity contribution < 1.29 is 22.8 Å². The summed E-state index contributed by atoms with van der Waals surface area (Å²) in [4.78, 5) is 18.3. The summed E-state index contributed by atoms with van der Waals surface area (Å²) in [5.74, 6) is -0.467. The molecule has 0 saturated carbocycles. The van der Waals surface area contributed by atoms with E-state index in [4.69, 9.17) is 0 Å². The van der Waals surface area contributed by atoms with E-state index < -0.39 is 18.7 Å². The monoisotopic (exact) mass is 295 g/mol. The summed E-state index contributed by atoms with van der Waals surface area (Å²) in [5.41, 5.74) is 1.93. The Labute approximate surface area is 115 Å². The van der Waals surface area contributed by atoms with Crippen LogP contribution in [0.4, 0.5) is 13.2 Å². The number of alkyl halides is 3. The zero-order chi connectivity index (χ0) is 14.6. The molecule has 0 aliphatic carbocycles. The van der Waals surface area contributed by atoms with Crippen LogP contribution in [0.15, 0.2) is 0 Å². The number of hydroxylamine groups is 1. The fraction of sp³-hybridized carbons (Fsp3) is 0.917. The third-order valence-corrected chi connectivity index (χ3v) is 3.78. The Balaban J connectivity index is 1.81. The summed E-state index contributed by atoms with van der Waals surface area (Å²) in [7, 11) is 0. The molecule has 2 aliphatic heterocycles. The maximum absolute atomic E-state index is 12.0. The Kier molecular flexibility index (Phi) is 5.22. The van der Waals surface area contributed by atoms with Crippen LogP contribution in [-0.2, 0) is 9.63 Å². The second-order valence-electron chi connectivity index (χ2n) is 5.25. The highest BCUT2D eigenvalue weighted by Gasteiger charge is 2.36. The molecule has 2 aliphatic rings. The Morgan fingerprint density at radius 1 is 1.30 bits per heavy atom. The first-order chi connectivity index (χ1) is 9.47. The fourth-order valence-electron chi connectivity index (χ4n) is 2.90. The van der Waals surface area contributed by atoms with Crippen molar-refractivity contribution in [3.05, 3.63) is 0 Å². The van der Waals surface area contributed by atoms with Crippen molar-refractivity contribution in [2.24, 2.45) is 0 Å². The molecule has 0 aromatic rings. The van der Waals surface area contributed by atoms with E-state index in [0.717, 1.165) is 38.9 Å². The number of hydrogen-bond acceptors (Lipinski definition) is 4. The molecule has 0 aromatic heterocycles. The standard InChI is InChI=1S/C12H20F3N3O2/c13-12(14,15)8-20-17-11(19)10-2-1-7-18(10)9-3-5-16-6-4-9/h9-10,16H,1-8H2,(H,17,19). The van der Waals surface area contributed by atoms with Gasteiger partial charge in [0.05, 0.1) is 6.04 Å². The van der Waals surface area contributed by atoms with E-state index >= 15 is 0 Å². The zero-order valence-corrected chi connectivity index (χ0v) is 11.2. The molecular formula is C12H20F3N3O2. The number of amides is 1. The van der Waals surface area contributed by atoms with Crippen molar-refractivity contribution >= 4 is 5.91 Å². The van der Waals surface area contributed by atoms with E-state index in [0.29, 0.717) is 12.5 Å². The number of carbonyl (C=O) groups is 1. The molecule has 116 valence electrons. The second-order valence-corrected chi connectivity index (χ2v) is 5.25. The smallest absolute Gasteiger partial charge is 0.317 e. The summed E-state index contributed by atoms with van der Waals surface area (Å²) < 4.78 is 35.9. The van der Waals surface area contributed by atoms with Gasteiger partial charge in [-0.15, -0.1) is 0 Å². The molecule has 8 heteroatoms. The maximum Gasteiger partial charge on any atom is 0.414 e. The number of carbonyl (C=O) groups excluding carboxylic acids is 1. The van der Waals surface area contributed by atoms with Crippen LogP contribution in [0.5, 0.6) is 0 Å². The first kappa shape index (κ1) is 15.5. The Morgan fingerprint density at radius 3 is 2.65 bits per heavy atom. The minimum Gasteiger partial charge on any atom is -0.317 e. The average molecular weight is 295 g/mol. The molecule has 0 bridgehead atoms. The number of likely N-dealkylation sites (tertiary alicyclic amines) is 1. The van der Waals surface area contributed by atoms with Gasteiger partial charge in [-0.2, -0.15) is 13.2 Å². The predicted octanol–water partition coefficient (Wildman–Crippen LogP) is 0.813. The van der Waals surface area contributed by atoms with Gasteiger partial charge in [-0.3, -0.25) is 14.5 Å². The van der Waals surface area contributed by atoms with E-state index in [9.17, 15) is 18.0 Å². The van der Waals surface area contributed by atoms with Gasteiger partial charge in [0.25, 0.3) is 5.91 Å². The number of hydrogen-bond donors (Lipinski definition) is 2. The summed E-state index contributed by atoms with van der Waals surface area (Å²) in [6.45, 7) is 1.20. The highest BCUT2D eigenvalue weighted by Crippen LogP contribution is 2.24. The van der Waals surface area contributed by atoms with Crippen LogP contribution in [0.2, 0.25) is 0 Å². The van der Waals surface area contributed by atoms with Gasteiger partial charge in [0.15, 0.2) is 6.61 Å². The molecule has 5 nitrogen and oxygen atoms in total. The van der Waals surface area contributed by atoms with Crippen LogP contribution in [0.1, 0.15) is 25.7 Å². The lowest BCUT2D eigenvalue weighted by molar-refractivity contribution is -0.193. The normalized spacial score (nSPS) is 25.9. The van der Waals surface area contributed by atoms with Gasteiger partial charge in [-0.05, 0) is 45.3 Å². The topological polar surface area (TPSA) is 53.6 Å². The maximum atomic E-state index is 12.0. The number of nitrogens with one attached hydrogen (secondary N) is 2. The summed E-state index contributed by atoms with van der Waals surface area (Å²) in [5, 5.41) is 3.26. The van der Waals surface area contributed by atoms with E-state index in [-0.39, 0.29) is 6.04 Å². The van der Waals surface area contributed by atoms with E-state index in [2.05, 4.69) is 15.1 Å². The number of piperidine rings is 1. The number of halogens is 3. The largest absolute Gasteiger partial charge is 0.414 e. The molecule has 0 spiro atoms. The molecule has 0 aromatic carbocycles. The molecule has 2 saturated heterocycles. The van der Waals surface area contributed by atoms with Gasteiger partial charge in [0, 0.05) is 6.04 Å². The fourth-order valence-corrected chi connectivity index (χ4v) is 2.90. The van der Waals surface area contributed by atoms with Crippen LogP contribution in [0, 0.1) is 0 Å². The lowest BCUT2D eigenvalue weighted by Crippen LogP contribution is -2.51. The molecule has 2 fully saturated rings. The van der Waals surface area contributed by atoms with Crippen LogP contribution < -0.4 is 10.8 Å². The van der Waals surface area contributed by atoms with Crippen molar-refractivity contribution in [1.82, 2.24) is 15.7 Å². The first-order valence-electron chi connectivity index (χ1n) is 6.92. The van der Waals surface area contributed by atoms with Crippen molar-refractivity contribution in [2.75, 3.05) is 26.2 Å². The van der Waals surface area contributed by atoms with Crippen molar-refractivity contribution in [2.45, 2.75) is 43.9 Å².